The summed E-state index contributed by atoms with van der Waals surface area (Å²) in [6.07, 6.45) is 7.86. The minimum absolute atomic E-state index is 0.0297. The molecule has 3 nitrogen and oxygen atoms in total. The third kappa shape index (κ3) is 3.20. The summed E-state index contributed by atoms with van der Waals surface area (Å²) in [5.41, 5.74) is 5.92. The van der Waals surface area contributed by atoms with Crippen molar-refractivity contribution < 1.29 is 9.53 Å². The highest BCUT2D eigenvalue weighted by atomic mass is 16.5. The lowest BCUT2D eigenvalue weighted by molar-refractivity contribution is -0.150. The maximum absolute atomic E-state index is 11.7. The molecule has 2 rings (SSSR count). The number of ether oxygens (including phenoxy) is 1. The summed E-state index contributed by atoms with van der Waals surface area (Å²) >= 11 is 0. The lowest BCUT2D eigenvalue weighted by Gasteiger charge is -2.26. The molecule has 0 heterocycles. The Hall–Kier alpha value is -0.570. The Kier molecular flexibility index (Phi) is 3.62. The van der Waals surface area contributed by atoms with Crippen molar-refractivity contribution in [3.05, 3.63) is 0 Å². The van der Waals surface area contributed by atoms with Gasteiger partial charge in [-0.1, -0.05) is 25.7 Å². The van der Waals surface area contributed by atoms with E-state index in [9.17, 15) is 4.79 Å². The van der Waals surface area contributed by atoms with Gasteiger partial charge in [-0.25, -0.2) is 0 Å². The zero-order valence-corrected chi connectivity index (χ0v) is 9.28. The van der Waals surface area contributed by atoms with E-state index in [1.807, 2.05) is 0 Å². The first-order chi connectivity index (χ1) is 7.27. The quantitative estimate of drug-likeness (QED) is 0.722. The van der Waals surface area contributed by atoms with Crippen LogP contribution in [0.25, 0.3) is 0 Å². The van der Waals surface area contributed by atoms with E-state index in [4.69, 9.17) is 10.5 Å². The highest BCUT2D eigenvalue weighted by Gasteiger charge is 2.30. The van der Waals surface area contributed by atoms with Crippen molar-refractivity contribution in [1.29, 1.82) is 0 Å². The zero-order chi connectivity index (χ0) is 10.7. The summed E-state index contributed by atoms with van der Waals surface area (Å²) in [7, 11) is 0. The number of nitrogens with two attached hydrogens (primary N) is 1. The Labute approximate surface area is 91.4 Å². The number of esters is 1. The van der Waals surface area contributed by atoms with E-state index in [1.54, 1.807) is 0 Å². The molecular formula is C12H21NO2. The van der Waals surface area contributed by atoms with E-state index in [-0.39, 0.29) is 17.9 Å². The van der Waals surface area contributed by atoms with Gasteiger partial charge in [-0.2, -0.15) is 0 Å². The molecule has 2 fully saturated rings. The third-order valence-electron chi connectivity index (χ3n) is 3.59. The molecular weight excluding hydrogens is 190 g/mol. The second-order valence-corrected chi connectivity index (χ2v) is 4.95. The van der Waals surface area contributed by atoms with E-state index >= 15 is 0 Å². The van der Waals surface area contributed by atoms with Crippen molar-refractivity contribution >= 4 is 5.97 Å². The molecule has 0 aliphatic heterocycles. The summed E-state index contributed by atoms with van der Waals surface area (Å²) in [4.78, 5) is 11.7. The van der Waals surface area contributed by atoms with Gasteiger partial charge in [0.2, 0.25) is 0 Å². The van der Waals surface area contributed by atoms with Gasteiger partial charge in [0.1, 0.15) is 0 Å². The predicted octanol–water partition coefficient (Wildman–Crippen LogP) is 1.85. The van der Waals surface area contributed by atoms with Crippen LogP contribution in [0.2, 0.25) is 0 Å². The summed E-state index contributed by atoms with van der Waals surface area (Å²) < 4.78 is 5.28. The smallest absolute Gasteiger partial charge is 0.310 e. The van der Waals surface area contributed by atoms with Crippen LogP contribution in [0.3, 0.4) is 0 Å². The van der Waals surface area contributed by atoms with Crippen LogP contribution in [0.5, 0.6) is 0 Å². The number of carbonyl (C=O) groups excluding carboxylic acids is 1. The van der Waals surface area contributed by atoms with Gasteiger partial charge in [0, 0.05) is 6.04 Å². The molecule has 2 atom stereocenters. The average Bonchev–Trinajstić information content (AvgIpc) is 3.02. The van der Waals surface area contributed by atoms with Crippen LogP contribution in [-0.2, 0) is 9.53 Å². The van der Waals surface area contributed by atoms with Crippen molar-refractivity contribution in [2.24, 2.45) is 17.6 Å². The normalized spacial score (nSPS) is 31.3. The minimum Gasteiger partial charge on any atom is -0.465 e. The molecule has 86 valence electrons. The Balaban J connectivity index is 1.68. The van der Waals surface area contributed by atoms with Crippen LogP contribution in [0.4, 0.5) is 0 Å². The molecule has 2 unspecified atom stereocenters. The first-order valence-electron chi connectivity index (χ1n) is 6.19. The number of rotatable bonds is 4. The van der Waals surface area contributed by atoms with Crippen molar-refractivity contribution in [2.75, 3.05) is 6.61 Å². The van der Waals surface area contributed by atoms with Gasteiger partial charge in [-0.05, 0) is 25.2 Å². The van der Waals surface area contributed by atoms with E-state index in [0.29, 0.717) is 6.61 Å². The first kappa shape index (κ1) is 10.9. The van der Waals surface area contributed by atoms with E-state index < -0.39 is 0 Å². The summed E-state index contributed by atoms with van der Waals surface area (Å²) in [6.45, 7) is 0.604. The Morgan fingerprint density at radius 1 is 1.20 bits per heavy atom. The largest absolute Gasteiger partial charge is 0.465 e. The van der Waals surface area contributed by atoms with Crippen LogP contribution in [-0.4, -0.2) is 18.6 Å². The molecule has 0 amide bonds. The van der Waals surface area contributed by atoms with Crippen molar-refractivity contribution in [2.45, 2.75) is 51.0 Å². The van der Waals surface area contributed by atoms with E-state index in [2.05, 4.69) is 0 Å². The molecule has 0 radical (unpaired) electrons. The van der Waals surface area contributed by atoms with Crippen LogP contribution in [0, 0.1) is 11.8 Å². The van der Waals surface area contributed by atoms with Crippen LogP contribution in [0.1, 0.15) is 44.9 Å². The van der Waals surface area contributed by atoms with E-state index in [1.165, 1.54) is 12.8 Å². The molecule has 0 bridgehead atoms. The predicted molar refractivity (Wildman–Crippen MR) is 58.2 cm³/mol. The van der Waals surface area contributed by atoms with Gasteiger partial charge in [0.15, 0.2) is 0 Å². The van der Waals surface area contributed by atoms with Crippen molar-refractivity contribution in [1.82, 2.24) is 0 Å². The minimum atomic E-state index is -0.0529. The van der Waals surface area contributed by atoms with Gasteiger partial charge < -0.3 is 10.5 Å². The molecule has 2 saturated carbocycles. The zero-order valence-electron chi connectivity index (χ0n) is 9.28. The standard InChI is InChI=1S/C12H21NO2/c13-11-4-2-1-3-10(11)12(14)15-8-7-9-5-6-9/h9-11H,1-8,13H2. The monoisotopic (exact) mass is 211 g/mol. The third-order valence-corrected chi connectivity index (χ3v) is 3.59. The first-order valence-corrected chi connectivity index (χ1v) is 6.19. The Morgan fingerprint density at radius 3 is 2.60 bits per heavy atom. The molecule has 2 aliphatic rings. The molecule has 0 spiro atoms. The second kappa shape index (κ2) is 4.97. The number of carbonyl (C=O) groups is 1. The summed E-state index contributed by atoms with van der Waals surface area (Å²) in [5.74, 6) is 0.749. The molecule has 2 N–H and O–H groups in total. The molecule has 15 heavy (non-hydrogen) atoms. The van der Waals surface area contributed by atoms with Gasteiger partial charge in [-0.15, -0.1) is 0 Å². The SMILES string of the molecule is NC1CCCCC1C(=O)OCCC1CC1. The fourth-order valence-electron chi connectivity index (χ4n) is 2.29. The fourth-order valence-corrected chi connectivity index (χ4v) is 2.29. The van der Waals surface area contributed by atoms with Crippen LogP contribution >= 0.6 is 0 Å². The maximum Gasteiger partial charge on any atom is 0.310 e. The van der Waals surface area contributed by atoms with Gasteiger partial charge >= 0.3 is 5.97 Å². The lowest BCUT2D eigenvalue weighted by Crippen LogP contribution is -2.39. The molecule has 3 heteroatoms. The van der Waals surface area contributed by atoms with Crippen LogP contribution < -0.4 is 5.73 Å². The second-order valence-electron chi connectivity index (χ2n) is 4.95. The molecule has 0 aromatic rings. The Bertz CT molecular complexity index is 226. The van der Waals surface area contributed by atoms with Crippen molar-refractivity contribution in [3.63, 3.8) is 0 Å². The average molecular weight is 211 g/mol. The molecule has 0 aromatic heterocycles. The molecule has 0 saturated heterocycles. The topological polar surface area (TPSA) is 52.3 Å². The van der Waals surface area contributed by atoms with Crippen molar-refractivity contribution in [3.8, 4) is 0 Å². The highest BCUT2D eigenvalue weighted by molar-refractivity contribution is 5.73. The van der Waals surface area contributed by atoms with Crippen LogP contribution in [0.15, 0.2) is 0 Å². The van der Waals surface area contributed by atoms with Gasteiger partial charge in [-0.3, -0.25) is 4.79 Å². The Morgan fingerprint density at radius 2 is 1.93 bits per heavy atom. The summed E-state index contributed by atoms with van der Waals surface area (Å²) in [5, 5.41) is 0. The summed E-state index contributed by atoms with van der Waals surface area (Å²) in [6, 6.07) is 0.0344. The fraction of sp³-hybridized carbons (Fsp3) is 0.917. The van der Waals surface area contributed by atoms with E-state index in [0.717, 1.165) is 38.0 Å². The molecule has 2 aliphatic carbocycles. The number of hydrogen-bond donors (Lipinski definition) is 1. The maximum atomic E-state index is 11.7. The molecule has 0 aromatic carbocycles. The number of hydrogen-bond acceptors (Lipinski definition) is 3. The highest BCUT2D eigenvalue weighted by Crippen LogP contribution is 2.32. The van der Waals surface area contributed by atoms with Gasteiger partial charge in [0.25, 0.3) is 0 Å². The van der Waals surface area contributed by atoms with Gasteiger partial charge in [0.05, 0.1) is 12.5 Å². The lowest BCUT2D eigenvalue weighted by atomic mass is 9.85.